The van der Waals surface area contributed by atoms with Gasteiger partial charge < -0.3 is 9.47 Å². The van der Waals surface area contributed by atoms with Gasteiger partial charge in [0.15, 0.2) is 0 Å². The van der Waals surface area contributed by atoms with Gasteiger partial charge in [0.1, 0.15) is 11.5 Å². The van der Waals surface area contributed by atoms with E-state index in [-0.39, 0.29) is 5.97 Å². The molecular formula is C19H22O3. The van der Waals surface area contributed by atoms with Gasteiger partial charge in [0.2, 0.25) is 0 Å². The fraction of sp³-hybridized carbons (Fsp3) is 0.316. The number of hydrogen-bond donors (Lipinski definition) is 0. The highest BCUT2D eigenvalue weighted by atomic mass is 16.5. The zero-order valence-corrected chi connectivity index (χ0v) is 13.2. The van der Waals surface area contributed by atoms with Gasteiger partial charge in [-0.1, -0.05) is 38.5 Å². The summed E-state index contributed by atoms with van der Waals surface area (Å²) in [5.74, 6) is 1.29. The molecule has 2 rings (SSSR count). The molecule has 0 aromatic heterocycles. The molecule has 0 aliphatic carbocycles. The zero-order valence-electron chi connectivity index (χ0n) is 13.2. The maximum absolute atomic E-state index is 11.7. The molecule has 116 valence electrons. The van der Waals surface area contributed by atoms with E-state index in [4.69, 9.17) is 9.47 Å². The fourth-order valence-electron chi connectivity index (χ4n) is 2.14. The van der Waals surface area contributed by atoms with Gasteiger partial charge in [0.05, 0.1) is 12.2 Å². The van der Waals surface area contributed by atoms with Crippen LogP contribution in [0.15, 0.2) is 48.5 Å². The van der Waals surface area contributed by atoms with Crippen molar-refractivity contribution in [2.75, 3.05) is 6.61 Å². The smallest absolute Gasteiger partial charge is 0.338 e. The Morgan fingerprint density at radius 2 is 1.68 bits per heavy atom. The van der Waals surface area contributed by atoms with Crippen molar-refractivity contribution in [3.8, 4) is 11.5 Å². The standard InChI is InChI=1S/C19H22O3/c1-3-7-15-8-5-6-9-18(15)22-17-12-10-16(11-13-17)19(20)21-14-4-2/h5-6,8-13H,3-4,7,14H2,1-2H3. The van der Waals surface area contributed by atoms with Crippen LogP contribution in [0.25, 0.3) is 0 Å². The first-order valence-electron chi connectivity index (χ1n) is 7.77. The van der Waals surface area contributed by atoms with Crippen molar-refractivity contribution in [3.05, 3.63) is 59.7 Å². The van der Waals surface area contributed by atoms with Crippen LogP contribution in [0, 0.1) is 0 Å². The summed E-state index contributed by atoms with van der Waals surface area (Å²) in [5, 5.41) is 0. The molecule has 0 N–H and O–H groups in total. The monoisotopic (exact) mass is 298 g/mol. The summed E-state index contributed by atoms with van der Waals surface area (Å²) in [6.45, 7) is 4.56. The van der Waals surface area contributed by atoms with E-state index in [2.05, 4.69) is 13.0 Å². The Kier molecular flexibility index (Phi) is 6.01. The van der Waals surface area contributed by atoms with E-state index in [0.29, 0.717) is 12.2 Å². The lowest BCUT2D eigenvalue weighted by atomic mass is 10.1. The van der Waals surface area contributed by atoms with Crippen LogP contribution in [-0.4, -0.2) is 12.6 Å². The Morgan fingerprint density at radius 3 is 2.36 bits per heavy atom. The normalized spacial score (nSPS) is 10.3. The van der Waals surface area contributed by atoms with Gasteiger partial charge in [-0.15, -0.1) is 0 Å². The van der Waals surface area contributed by atoms with Gasteiger partial charge in [0, 0.05) is 0 Å². The first kappa shape index (κ1) is 16.1. The van der Waals surface area contributed by atoms with Gasteiger partial charge in [-0.05, 0) is 48.7 Å². The molecule has 0 radical (unpaired) electrons. The molecule has 0 atom stereocenters. The third-order valence-electron chi connectivity index (χ3n) is 3.25. The number of hydrogen-bond acceptors (Lipinski definition) is 3. The van der Waals surface area contributed by atoms with Crippen LogP contribution in [0.4, 0.5) is 0 Å². The van der Waals surface area contributed by atoms with Gasteiger partial charge >= 0.3 is 5.97 Å². The lowest BCUT2D eigenvalue weighted by Gasteiger charge is -2.11. The molecule has 0 saturated carbocycles. The molecule has 2 aromatic rings. The molecule has 0 saturated heterocycles. The van der Waals surface area contributed by atoms with E-state index in [1.54, 1.807) is 24.3 Å². The van der Waals surface area contributed by atoms with E-state index in [0.717, 1.165) is 30.8 Å². The highest BCUT2D eigenvalue weighted by Gasteiger charge is 2.08. The third kappa shape index (κ3) is 4.35. The van der Waals surface area contributed by atoms with Crippen LogP contribution in [0.1, 0.15) is 42.6 Å². The van der Waals surface area contributed by atoms with E-state index in [1.807, 2.05) is 25.1 Å². The number of para-hydroxylation sites is 1. The van der Waals surface area contributed by atoms with Crippen molar-refractivity contribution in [1.82, 2.24) is 0 Å². The molecule has 3 heteroatoms. The molecule has 0 spiro atoms. The SMILES string of the molecule is CCCOC(=O)c1ccc(Oc2ccccc2CCC)cc1. The van der Waals surface area contributed by atoms with Crippen molar-refractivity contribution < 1.29 is 14.3 Å². The molecule has 3 nitrogen and oxygen atoms in total. The Bertz CT molecular complexity index is 602. The van der Waals surface area contributed by atoms with Gasteiger partial charge in [-0.3, -0.25) is 0 Å². The second-order valence-electron chi connectivity index (χ2n) is 5.12. The number of carbonyl (C=O) groups is 1. The Labute approximate surface area is 131 Å². The topological polar surface area (TPSA) is 35.5 Å². The van der Waals surface area contributed by atoms with Crippen molar-refractivity contribution in [2.45, 2.75) is 33.1 Å². The summed E-state index contributed by atoms with van der Waals surface area (Å²) in [4.78, 5) is 11.7. The lowest BCUT2D eigenvalue weighted by Crippen LogP contribution is -2.05. The quantitative estimate of drug-likeness (QED) is 0.675. The van der Waals surface area contributed by atoms with Crippen LogP contribution in [-0.2, 0) is 11.2 Å². The Hall–Kier alpha value is -2.29. The number of ether oxygens (including phenoxy) is 2. The van der Waals surface area contributed by atoms with Gasteiger partial charge in [0.25, 0.3) is 0 Å². The van der Waals surface area contributed by atoms with Crippen LogP contribution < -0.4 is 4.74 Å². The minimum Gasteiger partial charge on any atom is -0.462 e. The van der Waals surface area contributed by atoms with Crippen LogP contribution >= 0.6 is 0 Å². The van der Waals surface area contributed by atoms with Crippen molar-refractivity contribution in [2.24, 2.45) is 0 Å². The summed E-state index contributed by atoms with van der Waals surface area (Å²) in [7, 11) is 0. The second-order valence-corrected chi connectivity index (χ2v) is 5.12. The molecule has 0 fully saturated rings. The van der Waals surface area contributed by atoms with Crippen molar-refractivity contribution in [1.29, 1.82) is 0 Å². The van der Waals surface area contributed by atoms with Gasteiger partial charge in [-0.25, -0.2) is 4.79 Å². The first-order chi connectivity index (χ1) is 10.7. The minimum atomic E-state index is -0.292. The van der Waals surface area contributed by atoms with E-state index in [9.17, 15) is 4.79 Å². The van der Waals surface area contributed by atoms with Crippen molar-refractivity contribution in [3.63, 3.8) is 0 Å². The number of esters is 1. The third-order valence-corrected chi connectivity index (χ3v) is 3.25. The van der Waals surface area contributed by atoms with Crippen LogP contribution in [0.3, 0.4) is 0 Å². The summed E-state index contributed by atoms with van der Waals surface area (Å²) in [6.07, 6.45) is 2.88. The van der Waals surface area contributed by atoms with E-state index < -0.39 is 0 Å². The number of carbonyl (C=O) groups excluding carboxylic acids is 1. The number of benzene rings is 2. The summed E-state index contributed by atoms with van der Waals surface area (Å²) < 4.78 is 11.0. The zero-order chi connectivity index (χ0) is 15.8. The average Bonchev–Trinajstić information content (AvgIpc) is 2.55. The molecular weight excluding hydrogens is 276 g/mol. The number of aryl methyl sites for hydroxylation is 1. The van der Waals surface area contributed by atoms with Gasteiger partial charge in [-0.2, -0.15) is 0 Å². The summed E-state index contributed by atoms with van der Waals surface area (Å²) in [6, 6.07) is 15.1. The van der Waals surface area contributed by atoms with Crippen LogP contribution in [0.2, 0.25) is 0 Å². The molecule has 0 heterocycles. The molecule has 0 bridgehead atoms. The molecule has 0 aliphatic rings. The van der Waals surface area contributed by atoms with E-state index >= 15 is 0 Å². The molecule has 2 aromatic carbocycles. The maximum atomic E-state index is 11.7. The molecule has 22 heavy (non-hydrogen) atoms. The van der Waals surface area contributed by atoms with Crippen molar-refractivity contribution >= 4 is 5.97 Å². The minimum absolute atomic E-state index is 0.292. The fourth-order valence-corrected chi connectivity index (χ4v) is 2.14. The van der Waals surface area contributed by atoms with Crippen LogP contribution in [0.5, 0.6) is 11.5 Å². The Morgan fingerprint density at radius 1 is 0.955 bits per heavy atom. The lowest BCUT2D eigenvalue weighted by molar-refractivity contribution is 0.0505. The molecule has 0 amide bonds. The summed E-state index contributed by atoms with van der Waals surface area (Å²) in [5.41, 5.74) is 1.74. The molecule has 0 unspecified atom stereocenters. The molecule has 0 aliphatic heterocycles. The highest BCUT2D eigenvalue weighted by Crippen LogP contribution is 2.26. The predicted octanol–water partition coefficient (Wildman–Crippen LogP) is 5.00. The largest absolute Gasteiger partial charge is 0.462 e. The predicted molar refractivity (Wildman–Crippen MR) is 87.5 cm³/mol. The second kappa shape index (κ2) is 8.23. The maximum Gasteiger partial charge on any atom is 0.338 e. The first-order valence-corrected chi connectivity index (χ1v) is 7.77. The number of rotatable bonds is 7. The van der Waals surface area contributed by atoms with E-state index in [1.165, 1.54) is 5.56 Å². The summed E-state index contributed by atoms with van der Waals surface area (Å²) >= 11 is 0. The Balaban J connectivity index is 2.07. The highest BCUT2D eigenvalue weighted by molar-refractivity contribution is 5.89. The average molecular weight is 298 g/mol.